The van der Waals surface area contributed by atoms with Gasteiger partial charge in [-0.15, -0.1) is 0 Å². The monoisotopic (exact) mass is 309 g/mol. The van der Waals surface area contributed by atoms with E-state index < -0.39 is 16.8 Å². The first-order chi connectivity index (χ1) is 9.97. The van der Waals surface area contributed by atoms with E-state index in [0.29, 0.717) is 36.3 Å². The van der Waals surface area contributed by atoms with Crippen LogP contribution < -0.4 is 5.32 Å². The highest BCUT2D eigenvalue weighted by atomic mass is 32.2. The Labute approximate surface area is 126 Å². The highest BCUT2D eigenvalue weighted by Crippen LogP contribution is 2.29. The van der Waals surface area contributed by atoms with Crippen LogP contribution in [0.2, 0.25) is 0 Å². The Morgan fingerprint density at radius 1 is 1.19 bits per heavy atom. The number of aliphatic carboxylic acids is 1. The summed E-state index contributed by atoms with van der Waals surface area (Å²) in [7, 11) is -1.09. The SMILES string of the molecule is CS(=O)c1cccc(NC(=O)C2CCC(C(=O)O)CC2)c1. The Kier molecular flexibility index (Phi) is 5.12. The van der Waals surface area contributed by atoms with Crippen molar-refractivity contribution in [3.8, 4) is 0 Å². The maximum Gasteiger partial charge on any atom is 0.306 e. The first-order valence-corrected chi connectivity index (χ1v) is 8.50. The van der Waals surface area contributed by atoms with Crippen LogP contribution in [0.3, 0.4) is 0 Å². The van der Waals surface area contributed by atoms with Crippen LogP contribution in [0.15, 0.2) is 29.2 Å². The van der Waals surface area contributed by atoms with Gasteiger partial charge in [0.2, 0.25) is 5.91 Å². The van der Waals surface area contributed by atoms with Crippen molar-refractivity contribution >= 4 is 28.4 Å². The van der Waals surface area contributed by atoms with E-state index in [1.165, 1.54) is 0 Å². The third kappa shape index (κ3) is 4.14. The van der Waals surface area contributed by atoms with Crippen molar-refractivity contribution in [3.63, 3.8) is 0 Å². The normalized spacial score (nSPS) is 23.3. The standard InChI is InChI=1S/C15H19NO4S/c1-21(20)13-4-2-3-12(9-13)16-14(17)10-5-7-11(8-6-10)15(18)19/h2-4,9-11H,5-8H2,1H3,(H,16,17)(H,18,19). The van der Waals surface area contributed by atoms with Crippen molar-refractivity contribution in [1.82, 2.24) is 0 Å². The molecule has 6 heteroatoms. The largest absolute Gasteiger partial charge is 0.481 e. The Bertz CT molecular complexity index is 565. The molecule has 1 aliphatic carbocycles. The Morgan fingerprint density at radius 2 is 1.81 bits per heavy atom. The molecule has 1 fully saturated rings. The van der Waals surface area contributed by atoms with Gasteiger partial charge < -0.3 is 10.4 Å². The number of carbonyl (C=O) groups is 2. The summed E-state index contributed by atoms with van der Waals surface area (Å²) >= 11 is 0. The molecule has 1 aliphatic rings. The Morgan fingerprint density at radius 3 is 2.38 bits per heavy atom. The molecule has 21 heavy (non-hydrogen) atoms. The lowest BCUT2D eigenvalue weighted by Crippen LogP contribution is -2.29. The van der Waals surface area contributed by atoms with Crippen LogP contribution in [0.1, 0.15) is 25.7 Å². The summed E-state index contributed by atoms with van der Waals surface area (Å²) < 4.78 is 11.4. The number of rotatable bonds is 4. The summed E-state index contributed by atoms with van der Waals surface area (Å²) in [4.78, 5) is 23.8. The first kappa shape index (κ1) is 15.7. The predicted molar refractivity (Wildman–Crippen MR) is 80.5 cm³/mol. The van der Waals surface area contributed by atoms with Crippen molar-refractivity contribution in [3.05, 3.63) is 24.3 Å². The Balaban J connectivity index is 1.95. The minimum Gasteiger partial charge on any atom is -0.481 e. The van der Waals surface area contributed by atoms with Crippen LogP contribution in [0.5, 0.6) is 0 Å². The van der Waals surface area contributed by atoms with Crippen LogP contribution in [0.4, 0.5) is 5.69 Å². The molecular formula is C15H19NO4S. The molecule has 5 nitrogen and oxygen atoms in total. The van der Waals surface area contributed by atoms with Gasteiger partial charge in [-0.1, -0.05) is 6.07 Å². The van der Waals surface area contributed by atoms with Crippen LogP contribution in [0, 0.1) is 11.8 Å². The molecule has 0 spiro atoms. The lowest BCUT2D eigenvalue weighted by atomic mass is 9.81. The third-order valence-corrected chi connectivity index (χ3v) is 4.80. The lowest BCUT2D eigenvalue weighted by Gasteiger charge is -2.25. The highest BCUT2D eigenvalue weighted by Gasteiger charge is 2.29. The fraction of sp³-hybridized carbons (Fsp3) is 0.467. The molecule has 1 aromatic carbocycles. The maximum atomic E-state index is 12.2. The number of hydrogen-bond donors (Lipinski definition) is 2. The van der Waals surface area contributed by atoms with Gasteiger partial charge in [0.15, 0.2) is 0 Å². The topological polar surface area (TPSA) is 83.5 Å². The summed E-state index contributed by atoms with van der Waals surface area (Å²) in [5.41, 5.74) is 0.632. The highest BCUT2D eigenvalue weighted by molar-refractivity contribution is 7.84. The molecule has 0 aliphatic heterocycles. The van der Waals surface area contributed by atoms with Gasteiger partial charge in [0, 0.05) is 33.6 Å². The molecular weight excluding hydrogens is 290 g/mol. The van der Waals surface area contributed by atoms with Crippen LogP contribution in [0.25, 0.3) is 0 Å². The lowest BCUT2D eigenvalue weighted by molar-refractivity contribution is -0.143. The van der Waals surface area contributed by atoms with Crippen LogP contribution >= 0.6 is 0 Å². The molecule has 1 amide bonds. The van der Waals surface area contributed by atoms with Gasteiger partial charge in [0.25, 0.3) is 0 Å². The second kappa shape index (κ2) is 6.85. The Hall–Kier alpha value is -1.69. The summed E-state index contributed by atoms with van der Waals surface area (Å²) in [5, 5.41) is 11.8. The number of nitrogens with one attached hydrogen (secondary N) is 1. The molecule has 0 aromatic heterocycles. The van der Waals surface area contributed by atoms with Crippen molar-refractivity contribution in [2.45, 2.75) is 30.6 Å². The number of carboxylic acid groups (broad SMARTS) is 1. The minimum atomic E-state index is -1.09. The van der Waals surface area contributed by atoms with Gasteiger partial charge in [-0.25, -0.2) is 0 Å². The molecule has 0 bridgehead atoms. The van der Waals surface area contributed by atoms with E-state index in [2.05, 4.69) is 5.32 Å². The van der Waals surface area contributed by atoms with Crippen molar-refractivity contribution in [2.75, 3.05) is 11.6 Å². The third-order valence-electron chi connectivity index (χ3n) is 3.88. The number of amides is 1. The average Bonchev–Trinajstić information content (AvgIpc) is 2.47. The number of carbonyl (C=O) groups excluding carboxylic acids is 1. The number of anilines is 1. The van der Waals surface area contributed by atoms with Gasteiger partial charge in [-0.05, 0) is 43.9 Å². The molecule has 0 saturated heterocycles. The summed E-state index contributed by atoms with van der Waals surface area (Å²) in [6, 6.07) is 6.98. The summed E-state index contributed by atoms with van der Waals surface area (Å²) in [6.45, 7) is 0. The fourth-order valence-corrected chi connectivity index (χ4v) is 3.16. The van der Waals surface area contributed by atoms with Crippen molar-refractivity contribution in [2.24, 2.45) is 11.8 Å². The molecule has 2 rings (SSSR count). The minimum absolute atomic E-state index is 0.0853. The van der Waals surface area contributed by atoms with E-state index in [1.807, 2.05) is 0 Å². The zero-order valence-electron chi connectivity index (χ0n) is 11.9. The van der Waals surface area contributed by atoms with Gasteiger partial charge in [-0.2, -0.15) is 0 Å². The zero-order valence-corrected chi connectivity index (χ0v) is 12.7. The van der Waals surface area contributed by atoms with E-state index in [-0.39, 0.29) is 17.7 Å². The van der Waals surface area contributed by atoms with Crippen LogP contribution in [-0.4, -0.2) is 27.4 Å². The summed E-state index contributed by atoms with van der Waals surface area (Å²) in [5.74, 6) is -1.32. The second-order valence-electron chi connectivity index (χ2n) is 5.36. The van der Waals surface area contributed by atoms with Crippen LogP contribution in [-0.2, 0) is 20.4 Å². The van der Waals surface area contributed by atoms with Crippen molar-refractivity contribution < 1.29 is 18.9 Å². The maximum absolute atomic E-state index is 12.2. The average molecular weight is 309 g/mol. The van der Waals surface area contributed by atoms with E-state index >= 15 is 0 Å². The number of benzene rings is 1. The molecule has 2 N–H and O–H groups in total. The molecule has 1 unspecified atom stereocenters. The van der Waals surface area contributed by atoms with Gasteiger partial charge in [0.05, 0.1) is 5.92 Å². The molecule has 114 valence electrons. The molecule has 1 saturated carbocycles. The van der Waals surface area contributed by atoms with E-state index in [9.17, 15) is 13.8 Å². The quantitative estimate of drug-likeness (QED) is 0.893. The number of hydrogen-bond acceptors (Lipinski definition) is 3. The molecule has 0 radical (unpaired) electrons. The predicted octanol–water partition coefficient (Wildman–Crippen LogP) is 2.25. The molecule has 0 heterocycles. The first-order valence-electron chi connectivity index (χ1n) is 6.94. The smallest absolute Gasteiger partial charge is 0.306 e. The van der Waals surface area contributed by atoms with Gasteiger partial charge >= 0.3 is 5.97 Å². The summed E-state index contributed by atoms with van der Waals surface area (Å²) in [6.07, 6.45) is 3.89. The molecule has 1 atom stereocenters. The van der Waals surface area contributed by atoms with Gasteiger partial charge in [0.1, 0.15) is 0 Å². The van der Waals surface area contributed by atoms with E-state index in [4.69, 9.17) is 5.11 Å². The zero-order chi connectivity index (χ0) is 15.4. The van der Waals surface area contributed by atoms with E-state index in [1.54, 1.807) is 30.5 Å². The molecule has 1 aromatic rings. The van der Waals surface area contributed by atoms with Crippen molar-refractivity contribution in [1.29, 1.82) is 0 Å². The fourth-order valence-electron chi connectivity index (χ4n) is 2.60. The second-order valence-corrected chi connectivity index (χ2v) is 6.74. The van der Waals surface area contributed by atoms with E-state index in [0.717, 1.165) is 0 Å². The van der Waals surface area contributed by atoms with Gasteiger partial charge in [-0.3, -0.25) is 13.8 Å². The number of carboxylic acids is 1.